The average molecular weight is 357 g/mol. The highest BCUT2D eigenvalue weighted by atomic mass is 35.5. The standard InChI is InChI=1S/C18H14ClFN4O/c1-11-14(19)6-3-7-15(11)23-17(25)16-8-9-21-18(24-16)22-13-5-2-4-12(20)10-13/h2-10H,1H3,(H,23,25)(H,21,22,24). The third kappa shape index (κ3) is 4.10. The Morgan fingerprint density at radius 1 is 1.16 bits per heavy atom. The maximum absolute atomic E-state index is 13.2. The van der Waals surface area contributed by atoms with E-state index in [1.165, 1.54) is 24.4 Å². The molecule has 0 aliphatic carbocycles. The van der Waals surface area contributed by atoms with Crippen LogP contribution < -0.4 is 10.6 Å². The lowest BCUT2D eigenvalue weighted by molar-refractivity contribution is 0.102. The van der Waals surface area contributed by atoms with Crippen LogP contribution in [0.25, 0.3) is 0 Å². The maximum atomic E-state index is 13.2. The minimum Gasteiger partial charge on any atom is -0.324 e. The van der Waals surface area contributed by atoms with Gasteiger partial charge < -0.3 is 10.6 Å². The number of carbonyl (C=O) groups is 1. The maximum Gasteiger partial charge on any atom is 0.274 e. The molecule has 2 N–H and O–H groups in total. The van der Waals surface area contributed by atoms with Gasteiger partial charge in [-0.3, -0.25) is 4.79 Å². The first-order chi connectivity index (χ1) is 12.0. The summed E-state index contributed by atoms with van der Waals surface area (Å²) in [5.74, 6) is -0.577. The zero-order chi connectivity index (χ0) is 17.8. The Kier molecular flexibility index (Phi) is 4.90. The topological polar surface area (TPSA) is 66.9 Å². The zero-order valence-corrected chi connectivity index (χ0v) is 14.0. The molecule has 1 amide bonds. The molecular formula is C18H14ClFN4O. The fourth-order valence-corrected chi connectivity index (χ4v) is 2.34. The first-order valence-corrected chi connectivity index (χ1v) is 7.83. The van der Waals surface area contributed by atoms with Gasteiger partial charge in [0.25, 0.3) is 5.91 Å². The molecule has 0 bridgehead atoms. The average Bonchev–Trinajstić information content (AvgIpc) is 2.59. The number of anilines is 3. The molecule has 2 aromatic carbocycles. The van der Waals surface area contributed by atoms with Crippen molar-refractivity contribution in [2.75, 3.05) is 10.6 Å². The van der Waals surface area contributed by atoms with Gasteiger partial charge in [0.2, 0.25) is 5.95 Å². The Morgan fingerprint density at radius 2 is 1.96 bits per heavy atom. The van der Waals surface area contributed by atoms with Gasteiger partial charge in [-0.25, -0.2) is 14.4 Å². The molecule has 0 saturated carbocycles. The number of carbonyl (C=O) groups excluding carboxylic acids is 1. The minimum atomic E-state index is -0.393. The van der Waals surface area contributed by atoms with Gasteiger partial charge in [-0.2, -0.15) is 0 Å². The number of nitrogens with zero attached hydrogens (tertiary/aromatic N) is 2. The van der Waals surface area contributed by atoms with Crippen LogP contribution in [0.2, 0.25) is 5.02 Å². The second-order valence-electron chi connectivity index (χ2n) is 5.27. The molecule has 0 radical (unpaired) electrons. The van der Waals surface area contributed by atoms with Crippen LogP contribution in [0.4, 0.5) is 21.7 Å². The summed E-state index contributed by atoms with van der Waals surface area (Å²) in [4.78, 5) is 20.6. The molecule has 3 rings (SSSR count). The molecule has 1 heterocycles. The van der Waals surface area contributed by atoms with Crippen molar-refractivity contribution in [3.8, 4) is 0 Å². The van der Waals surface area contributed by atoms with E-state index in [2.05, 4.69) is 20.6 Å². The summed E-state index contributed by atoms with van der Waals surface area (Å²) in [6, 6.07) is 12.6. The van der Waals surface area contributed by atoms with E-state index in [1.54, 1.807) is 30.3 Å². The molecule has 0 atom stereocenters. The summed E-state index contributed by atoms with van der Waals surface area (Å²) in [6.45, 7) is 1.81. The van der Waals surface area contributed by atoms with E-state index in [0.717, 1.165) is 5.56 Å². The molecule has 0 fully saturated rings. The van der Waals surface area contributed by atoms with E-state index in [0.29, 0.717) is 16.4 Å². The summed E-state index contributed by atoms with van der Waals surface area (Å²) in [5, 5.41) is 6.19. The van der Waals surface area contributed by atoms with Gasteiger partial charge in [0.05, 0.1) is 0 Å². The third-order valence-electron chi connectivity index (χ3n) is 3.48. The van der Waals surface area contributed by atoms with E-state index >= 15 is 0 Å². The van der Waals surface area contributed by atoms with Crippen LogP contribution in [-0.4, -0.2) is 15.9 Å². The molecule has 0 spiro atoms. The third-order valence-corrected chi connectivity index (χ3v) is 3.89. The van der Waals surface area contributed by atoms with Crippen LogP contribution in [-0.2, 0) is 0 Å². The summed E-state index contributed by atoms with van der Waals surface area (Å²) in [6.07, 6.45) is 1.45. The van der Waals surface area contributed by atoms with E-state index in [9.17, 15) is 9.18 Å². The van der Waals surface area contributed by atoms with Crippen molar-refractivity contribution < 1.29 is 9.18 Å². The first kappa shape index (κ1) is 16.9. The Labute approximate surface area is 148 Å². The van der Waals surface area contributed by atoms with Gasteiger partial charge >= 0.3 is 0 Å². The van der Waals surface area contributed by atoms with Gasteiger partial charge in [-0.1, -0.05) is 23.7 Å². The molecule has 7 heteroatoms. The van der Waals surface area contributed by atoms with Crippen molar-refractivity contribution >= 4 is 34.8 Å². The van der Waals surface area contributed by atoms with Crippen molar-refractivity contribution in [2.45, 2.75) is 6.92 Å². The van der Waals surface area contributed by atoms with Gasteiger partial charge in [0.15, 0.2) is 0 Å². The number of aromatic nitrogens is 2. The van der Waals surface area contributed by atoms with Gasteiger partial charge in [0.1, 0.15) is 11.5 Å². The van der Waals surface area contributed by atoms with Crippen molar-refractivity contribution in [3.05, 3.63) is 76.8 Å². The highest BCUT2D eigenvalue weighted by Gasteiger charge is 2.11. The number of hydrogen-bond donors (Lipinski definition) is 2. The predicted octanol–water partition coefficient (Wildman–Crippen LogP) is 4.57. The molecule has 126 valence electrons. The van der Waals surface area contributed by atoms with Gasteiger partial charge in [0, 0.05) is 22.6 Å². The number of amides is 1. The van der Waals surface area contributed by atoms with E-state index in [1.807, 2.05) is 6.92 Å². The predicted molar refractivity (Wildman–Crippen MR) is 95.9 cm³/mol. The van der Waals surface area contributed by atoms with Crippen molar-refractivity contribution in [1.82, 2.24) is 9.97 Å². The SMILES string of the molecule is Cc1c(Cl)cccc1NC(=O)c1ccnc(Nc2cccc(F)c2)n1. The number of benzene rings is 2. The summed E-state index contributed by atoms with van der Waals surface area (Å²) < 4.78 is 13.2. The highest BCUT2D eigenvalue weighted by Crippen LogP contribution is 2.23. The van der Waals surface area contributed by atoms with Crippen LogP contribution in [0.5, 0.6) is 0 Å². The van der Waals surface area contributed by atoms with E-state index in [-0.39, 0.29) is 17.5 Å². The van der Waals surface area contributed by atoms with Crippen LogP contribution in [0.15, 0.2) is 54.7 Å². The van der Waals surface area contributed by atoms with Crippen LogP contribution in [0, 0.1) is 12.7 Å². The number of nitrogens with one attached hydrogen (secondary N) is 2. The molecule has 1 aromatic heterocycles. The van der Waals surface area contributed by atoms with Gasteiger partial charge in [-0.05, 0) is 48.9 Å². The molecule has 0 aliphatic rings. The molecule has 3 aromatic rings. The Morgan fingerprint density at radius 3 is 2.76 bits per heavy atom. The summed E-state index contributed by atoms with van der Waals surface area (Å²) in [5.41, 5.74) is 2.04. The van der Waals surface area contributed by atoms with E-state index in [4.69, 9.17) is 11.6 Å². The van der Waals surface area contributed by atoms with Gasteiger partial charge in [-0.15, -0.1) is 0 Å². The highest BCUT2D eigenvalue weighted by molar-refractivity contribution is 6.31. The minimum absolute atomic E-state index is 0.174. The fourth-order valence-electron chi connectivity index (χ4n) is 2.17. The normalized spacial score (nSPS) is 10.4. The molecule has 0 aliphatic heterocycles. The van der Waals surface area contributed by atoms with E-state index < -0.39 is 5.91 Å². The lowest BCUT2D eigenvalue weighted by atomic mass is 10.2. The molecule has 25 heavy (non-hydrogen) atoms. The van der Waals surface area contributed by atoms with Crippen molar-refractivity contribution in [1.29, 1.82) is 0 Å². The monoisotopic (exact) mass is 356 g/mol. The summed E-state index contributed by atoms with van der Waals surface area (Å²) in [7, 11) is 0. The molecule has 5 nitrogen and oxygen atoms in total. The largest absolute Gasteiger partial charge is 0.324 e. The zero-order valence-electron chi connectivity index (χ0n) is 13.3. The fraction of sp³-hybridized carbons (Fsp3) is 0.0556. The Balaban J connectivity index is 1.78. The lowest BCUT2D eigenvalue weighted by Crippen LogP contribution is -2.15. The smallest absolute Gasteiger partial charge is 0.274 e. The van der Waals surface area contributed by atoms with Crippen molar-refractivity contribution in [2.24, 2.45) is 0 Å². The van der Waals surface area contributed by atoms with Crippen LogP contribution in [0.1, 0.15) is 16.1 Å². The molecule has 0 unspecified atom stereocenters. The Bertz CT molecular complexity index is 932. The quantitative estimate of drug-likeness (QED) is 0.718. The second-order valence-corrected chi connectivity index (χ2v) is 5.67. The van der Waals surface area contributed by atoms with Crippen LogP contribution >= 0.6 is 11.6 Å². The van der Waals surface area contributed by atoms with Crippen LogP contribution in [0.3, 0.4) is 0 Å². The molecular weight excluding hydrogens is 343 g/mol. The van der Waals surface area contributed by atoms with Crippen molar-refractivity contribution in [3.63, 3.8) is 0 Å². The lowest BCUT2D eigenvalue weighted by Gasteiger charge is -2.10. The number of halogens is 2. The molecule has 0 saturated heterocycles. The second kappa shape index (κ2) is 7.27. The summed E-state index contributed by atoms with van der Waals surface area (Å²) >= 11 is 6.05. The number of rotatable bonds is 4. The Hall–Kier alpha value is -2.99. The number of hydrogen-bond acceptors (Lipinski definition) is 4. The first-order valence-electron chi connectivity index (χ1n) is 7.45.